The van der Waals surface area contributed by atoms with Crippen LogP contribution in [0.15, 0.2) is 24.3 Å². The molecule has 3 heteroatoms. The standard InChI is InChI=1S/C11H13FO2/c1-8(13)7-9(2)14-11-6-4-3-5-10(11)12/h3-6,9H,7H2,1-2H3. The molecule has 0 aliphatic heterocycles. The summed E-state index contributed by atoms with van der Waals surface area (Å²) in [6.45, 7) is 3.23. The number of para-hydroxylation sites is 1. The van der Waals surface area contributed by atoms with Crippen LogP contribution < -0.4 is 4.74 Å². The van der Waals surface area contributed by atoms with Crippen LogP contribution in [0.5, 0.6) is 5.75 Å². The number of hydrogen-bond acceptors (Lipinski definition) is 2. The molecule has 0 radical (unpaired) electrons. The minimum atomic E-state index is -0.400. The van der Waals surface area contributed by atoms with E-state index in [0.717, 1.165) is 0 Å². The van der Waals surface area contributed by atoms with Gasteiger partial charge < -0.3 is 4.74 Å². The van der Waals surface area contributed by atoms with Crippen molar-refractivity contribution in [1.29, 1.82) is 0 Å². The molecule has 1 atom stereocenters. The number of hydrogen-bond donors (Lipinski definition) is 0. The number of ether oxygens (including phenoxy) is 1. The van der Waals surface area contributed by atoms with E-state index in [1.807, 2.05) is 0 Å². The van der Waals surface area contributed by atoms with Gasteiger partial charge in [0.2, 0.25) is 0 Å². The Hall–Kier alpha value is -1.38. The summed E-state index contributed by atoms with van der Waals surface area (Å²) in [4.78, 5) is 10.8. The van der Waals surface area contributed by atoms with Crippen LogP contribution >= 0.6 is 0 Å². The molecule has 0 bridgehead atoms. The van der Waals surface area contributed by atoms with Crippen molar-refractivity contribution in [1.82, 2.24) is 0 Å². The van der Waals surface area contributed by atoms with E-state index < -0.39 is 5.82 Å². The van der Waals surface area contributed by atoms with Crippen LogP contribution in [0, 0.1) is 5.82 Å². The number of ketones is 1. The number of carbonyl (C=O) groups excluding carboxylic acids is 1. The van der Waals surface area contributed by atoms with Gasteiger partial charge in [-0.25, -0.2) is 4.39 Å². The van der Waals surface area contributed by atoms with Gasteiger partial charge in [0.05, 0.1) is 0 Å². The average Bonchev–Trinajstić information content (AvgIpc) is 2.07. The van der Waals surface area contributed by atoms with Gasteiger partial charge in [0, 0.05) is 6.42 Å². The average molecular weight is 196 g/mol. The first-order chi connectivity index (χ1) is 6.59. The Morgan fingerprint density at radius 2 is 2.14 bits per heavy atom. The summed E-state index contributed by atoms with van der Waals surface area (Å²) in [5.41, 5.74) is 0. The maximum Gasteiger partial charge on any atom is 0.165 e. The molecule has 0 saturated carbocycles. The zero-order chi connectivity index (χ0) is 10.6. The molecule has 0 aromatic heterocycles. The highest BCUT2D eigenvalue weighted by Gasteiger charge is 2.09. The summed E-state index contributed by atoms with van der Waals surface area (Å²) in [5.74, 6) is -0.169. The number of halogens is 1. The summed E-state index contributed by atoms with van der Waals surface area (Å²) >= 11 is 0. The van der Waals surface area contributed by atoms with Crippen LogP contribution in [-0.4, -0.2) is 11.9 Å². The molecule has 1 unspecified atom stereocenters. The highest BCUT2D eigenvalue weighted by atomic mass is 19.1. The fourth-order valence-corrected chi connectivity index (χ4v) is 1.20. The largest absolute Gasteiger partial charge is 0.487 e. The molecule has 14 heavy (non-hydrogen) atoms. The van der Waals surface area contributed by atoms with E-state index in [1.165, 1.54) is 13.0 Å². The van der Waals surface area contributed by atoms with Gasteiger partial charge in [0.1, 0.15) is 11.9 Å². The number of Topliss-reactive ketones (excluding diaryl/α,β-unsaturated/α-hetero) is 1. The van der Waals surface area contributed by atoms with E-state index in [9.17, 15) is 9.18 Å². The fraction of sp³-hybridized carbons (Fsp3) is 0.364. The molecule has 0 heterocycles. The topological polar surface area (TPSA) is 26.3 Å². The van der Waals surface area contributed by atoms with Gasteiger partial charge in [-0.15, -0.1) is 0 Å². The minimum Gasteiger partial charge on any atom is -0.487 e. The Morgan fingerprint density at radius 1 is 1.50 bits per heavy atom. The number of rotatable bonds is 4. The maximum absolute atomic E-state index is 13.1. The number of carbonyl (C=O) groups is 1. The zero-order valence-corrected chi connectivity index (χ0v) is 8.29. The first kappa shape index (κ1) is 10.7. The highest BCUT2D eigenvalue weighted by Crippen LogP contribution is 2.17. The molecule has 0 fully saturated rings. The van der Waals surface area contributed by atoms with E-state index in [0.29, 0.717) is 6.42 Å². The Labute approximate surface area is 82.7 Å². The third-order valence-electron chi connectivity index (χ3n) is 1.74. The Morgan fingerprint density at radius 3 is 2.71 bits per heavy atom. The lowest BCUT2D eigenvalue weighted by atomic mass is 10.2. The van der Waals surface area contributed by atoms with E-state index in [4.69, 9.17) is 4.74 Å². The summed E-state index contributed by atoms with van der Waals surface area (Å²) in [7, 11) is 0. The fourth-order valence-electron chi connectivity index (χ4n) is 1.20. The molecule has 0 spiro atoms. The van der Waals surface area contributed by atoms with Crippen LogP contribution in [0.1, 0.15) is 20.3 Å². The molecule has 1 aromatic rings. The first-order valence-electron chi connectivity index (χ1n) is 4.50. The van der Waals surface area contributed by atoms with Crippen molar-refractivity contribution in [3.63, 3.8) is 0 Å². The number of benzene rings is 1. The first-order valence-corrected chi connectivity index (χ1v) is 4.50. The second kappa shape index (κ2) is 4.74. The third kappa shape index (κ3) is 3.17. The molecular formula is C11H13FO2. The van der Waals surface area contributed by atoms with Gasteiger partial charge in [-0.3, -0.25) is 4.79 Å². The lowest BCUT2D eigenvalue weighted by Gasteiger charge is -2.13. The SMILES string of the molecule is CC(=O)CC(C)Oc1ccccc1F. The van der Waals surface area contributed by atoms with Crippen molar-refractivity contribution >= 4 is 5.78 Å². The molecule has 0 saturated heterocycles. The molecule has 0 amide bonds. The lowest BCUT2D eigenvalue weighted by Crippen LogP contribution is -2.15. The van der Waals surface area contributed by atoms with Crippen molar-refractivity contribution < 1.29 is 13.9 Å². The molecule has 2 nitrogen and oxygen atoms in total. The molecular weight excluding hydrogens is 183 g/mol. The van der Waals surface area contributed by atoms with E-state index >= 15 is 0 Å². The third-order valence-corrected chi connectivity index (χ3v) is 1.74. The molecule has 0 N–H and O–H groups in total. The summed E-state index contributed by atoms with van der Waals surface area (Å²) < 4.78 is 18.3. The van der Waals surface area contributed by atoms with E-state index in [2.05, 4.69) is 0 Å². The monoisotopic (exact) mass is 196 g/mol. The molecule has 1 rings (SSSR count). The van der Waals surface area contributed by atoms with Gasteiger partial charge in [0.15, 0.2) is 11.6 Å². The van der Waals surface area contributed by atoms with E-state index in [1.54, 1.807) is 25.1 Å². The minimum absolute atomic E-state index is 0.0360. The van der Waals surface area contributed by atoms with Crippen LogP contribution in [-0.2, 0) is 4.79 Å². The summed E-state index contributed by atoms with van der Waals surface area (Å²) in [5, 5.41) is 0. The molecule has 1 aromatic carbocycles. The van der Waals surface area contributed by atoms with Crippen molar-refractivity contribution in [3.8, 4) is 5.75 Å². The quantitative estimate of drug-likeness (QED) is 0.739. The second-order valence-electron chi connectivity index (χ2n) is 3.27. The summed E-state index contributed by atoms with van der Waals surface area (Å²) in [6, 6.07) is 6.17. The van der Waals surface area contributed by atoms with Gasteiger partial charge in [-0.1, -0.05) is 12.1 Å². The lowest BCUT2D eigenvalue weighted by molar-refractivity contribution is -0.118. The van der Waals surface area contributed by atoms with Crippen LogP contribution in [0.2, 0.25) is 0 Å². The molecule has 0 aliphatic rings. The van der Waals surface area contributed by atoms with Crippen molar-refractivity contribution in [2.24, 2.45) is 0 Å². The Balaban J connectivity index is 2.60. The maximum atomic E-state index is 13.1. The Kier molecular flexibility index (Phi) is 3.63. The van der Waals surface area contributed by atoms with Gasteiger partial charge in [-0.2, -0.15) is 0 Å². The molecule has 76 valence electrons. The normalized spacial score (nSPS) is 12.2. The van der Waals surface area contributed by atoms with Gasteiger partial charge in [0.25, 0.3) is 0 Å². The van der Waals surface area contributed by atoms with Crippen LogP contribution in [0.25, 0.3) is 0 Å². The van der Waals surface area contributed by atoms with Gasteiger partial charge >= 0.3 is 0 Å². The van der Waals surface area contributed by atoms with E-state index in [-0.39, 0.29) is 17.6 Å². The predicted molar refractivity (Wildman–Crippen MR) is 51.8 cm³/mol. The predicted octanol–water partition coefficient (Wildman–Crippen LogP) is 2.57. The zero-order valence-electron chi connectivity index (χ0n) is 8.29. The second-order valence-corrected chi connectivity index (χ2v) is 3.27. The van der Waals surface area contributed by atoms with Crippen LogP contribution in [0.3, 0.4) is 0 Å². The van der Waals surface area contributed by atoms with Crippen molar-refractivity contribution in [3.05, 3.63) is 30.1 Å². The van der Waals surface area contributed by atoms with Crippen molar-refractivity contribution in [2.45, 2.75) is 26.4 Å². The smallest absolute Gasteiger partial charge is 0.165 e. The Bertz CT molecular complexity index is 323. The highest BCUT2D eigenvalue weighted by molar-refractivity contribution is 5.75. The van der Waals surface area contributed by atoms with Crippen LogP contribution in [0.4, 0.5) is 4.39 Å². The van der Waals surface area contributed by atoms with Crippen molar-refractivity contribution in [2.75, 3.05) is 0 Å². The molecule has 0 aliphatic carbocycles. The van der Waals surface area contributed by atoms with Gasteiger partial charge in [-0.05, 0) is 26.0 Å². The summed E-state index contributed by atoms with van der Waals surface area (Å²) in [6.07, 6.45) is 0.0123.